The van der Waals surface area contributed by atoms with Gasteiger partial charge in [0.25, 0.3) is 0 Å². The van der Waals surface area contributed by atoms with Crippen molar-refractivity contribution in [2.24, 2.45) is 5.92 Å². The Kier molecular flexibility index (Phi) is 6.13. The van der Waals surface area contributed by atoms with Crippen LogP contribution in [0.3, 0.4) is 0 Å². The van der Waals surface area contributed by atoms with Crippen molar-refractivity contribution < 1.29 is 62.5 Å². The van der Waals surface area contributed by atoms with E-state index in [1.807, 2.05) is 0 Å². The summed E-state index contributed by atoms with van der Waals surface area (Å²) in [6.45, 7) is 1.10. The standard InChI is InChI=1S/C13H15NO5S.Ac/c1-13(14(16)17,10-7-8-11(15)9-10)20(18,19)12-5-3-2-4-6-12;/h2-8,10-11,15H,9H2,1H3;/t10-,11+,13?;/m1./s1. The van der Waals surface area contributed by atoms with Crippen LogP contribution >= 0.6 is 0 Å². The second-order valence-electron chi connectivity index (χ2n) is 4.92. The van der Waals surface area contributed by atoms with Crippen LogP contribution in [0, 0.1) is 60.1 Å². The molecule has 6 nitrogen and oxygen atoms in total. The first-order valence-corrected chi connectivity index (χ1v) is 7.59. The molecule has 1 aliphatic carbocycles. The first kappa shape index (κ1) is 18.8. The Labute approximate surface area is 158 Å². The van der Waals surface area contributed by atoms with Crippen molar-refractivity contribution in [2.75, 3.05) is 0 Å². The Bertz CT molecular complexity index is 646. The van der Waals surface area contributed by atoms with Crippen LogP contribution < -0.4 is 0 Å². The number of hydrogen-bond donors (Lipinski definition) is 1. The number of hydrogen-bond acceptors (Lipinski definition) is 5. The van der Waals surface area contributed by atoms with Gasteiger partial charge in [-0.3, -0.25) is 10.1 Å². The quantitative estimate of drug-likeness (QED) is 0.365. The fraction of sp³-hybridized carbons (Fsp3) is 0.385. The zero-order valence-electron chi connectivity index (χ0n) is 11.4. The van der Waals surface area contributed by atoms with Crippen molar-refractivity contribution >= 4 is 9.84 Å². The van der Waals surface area contributed by atoms with E-state index in [0.717, 1.165) is 6.92 Å². The predicted molar refractivity (Wildman–Crippen MR) is 72.3 cm³/mol. The van der Waals surface area contributed by atoms with E-state index < -0.39 is 31.7 Å². The Morgan fingerprint density at radius 3 is 2.29 bits per heavy atom. The van der Waals surface area contributed by atoms with Crippen LogP contribution in [0.15, 0.2) is 47.4 Å². The molecule has 1 aromatic carbocycles. The Morgan fingerprint density at radius 1 is 1.29 bits per heavy atom. The average molecular weight is 524 g/mol. The van der Waals surface area contributed by atoms with Crippen LogP contribution in [0.4, 0.5) is 0 Å². The number of aliphatic hydroxyl groups excluding tert-OH is 1. The molecule has 1 aromatic rings. The molecule has 0 bridgehead atoms. The molecular formula is C13H15AcNO5S. The van der Waals surface area contributed by atoms with E-state index in [1.54, 1.807) is 6.07 Å². The van der Waals surface area contributed by atoms with Gasteiger partial charge < -0.3 is 5.11 Å². The normalized spacial score (nSPS) is 24.1. The molecule has 111 valence electrons. The van der Waals surface area contributed by atoms with Gasteiger partial charge in [-0.15, -0.1) is 0 Å². The molecule has 0 spiro atoms. The van der Waals surface area contributed by atoms with E-state index in [-0.39, 0.29) is 55.4 Å². The minimum absolute atomic E-state index is 0. The summed E-state index contributed by atoms with van der Waals surface area (Å²) in [5.41, 5.74) is 0. The van der Waals surface area contributed by atoms with Crippen LogP contribution in [0.1, 0.15) is 13.3 Å². The maximum Gasteiger partial charge on any atom is 0.326 e. The second-order valence-corrected chi connectivity index (χ2v) is 7.23. The van der Waals surface area contributed by atoms with Gasteiger partial charge in [0.15, 0.2) is 0 Å². The van der Waals surface area contributed by atoms with E-state index in [1.165, 1.54) is 36.4 Å². The van der Waals surface area contributed by atoms with Gasteiger partial charge in [-0.05, 0) is 18.6 Å². The number of sulfone groups is 1. The molecule has 3 atom stereocenters. The zero-order valence-corrected chi connectivity index (χ0v) is 17.0. The largest absolute Gasteiger partial charge is 0.389 e. The maximum absolute atomic E-state index is 12.6. The van der Waals surface area contributed by atoms with Crippen LogP contribution in [0.5, 0.6) is 0 Å². The molecule has 0 heterocycles. The molecule has 8 heteroatoms. The van der Waals surface area contributed by atoms with Gasteiger partial charge in [-0.1, -0.05) is 30.4 Å². The summed E-state index contributed by atoms with van der Waals surface area (Å²) in [4.78, 5) is 8.39. The topological polar surface area (TPSA) is 97.5 Å². The summed E-state index contributed by atoms with van der Waals surface area (Å²) >= 11 is 0. The molecule has 0 fully saturated rings. The summed E-state index contributed by atoms with van der Waals surface area (Å²) < 4.78 is 25.3. The van der Waals surface area contributed by atoms with E-state index in [2.05, 4.69) is 0 Å². The minimum atomic E-state index is -4.17. The fourth-order valence-corrected chi connectivity index (χ4v) is 4.11. The third-order valence-electron chi connectivity index (χ3n) is 3.71. The molecular weight excluding hydrogens is 509 g/mol. The van der Waals surface area contributed by atoms with Gasteiger partial charge in [0.2, 0.25) is 9.84 Å². The summed E-state index contributed by atoms with van der Waals surface area (Å²) in [6, 6.07) is 7.36. The van der Waals surface area contributed by atoms with Crippen molar-refractivity contribution in [1.29, 1.82) is 0 Å². The van der Waals surface area contributed by atoms with Crippen LogP contribution in [0.2, 0.25) is 0 Å². The summed E-state index contributed by atoms with van der Waals surface area (Å²) in [7, 11) is -4.17. The third-order valence-corrected chi connectivity index (χ3v) is 6.14. The molecule has 0 amide bonds. The van der Waals surface area contributed by atoms with E-state index >= 15 is 0 Å². The first-order valence-electron chi connectivity index (χ1n) is 6.10. The summed E-state index contributed by atoms with van der Waals surface area (Å²) in [5.74, 6) is -0.863. The SMILES string of the molecule is CC([C@@H]1C=C[C@H](O)C1)([N+](=O)[O-])S(=O)(=O)c1ccccc1.[Ac]. The number of benzene rings is 1. The van der Waals surface area contributed by atoms with Gasteiger partial charge in [0.1, 0.15) is 0 Å². The van der Waals surface area contributed by atoms with Gasteiger partial charge in [-0.2, -0.15) is 0 Å². The minimum Gasteiger partial charge on any atom is -0.389 e. The predicted octanol–water partition coefficient (Wildman–Crippen LogP) is 1.39. The van der Waals surface area contributed by atoms with Crippen molar-refractivity contribution in [3.63, 3.8) is 0 Å². The molecule has 1 N–H and O–H groups in total. The van der Waals surface area contributed by atoms with Gasteiger partial charge in [0.05, 0.1) is 16.9 Å². The smallest absolute Gasteiger partial charge is 0.326 e. The van der Waals surface area contributed by atoms with Crippen molar-refractivity contribution in [1.82, 2.24) is 0 Å². The average Bonchev–Trinajstić information content (AvgIpc) is 2.85. The van der Waals surface area contributed by atoms with Gasteiger partial charge >= 0.3 is 4.87 Å². The molecule has 1 radical (unpaired) electrons. The number of nitrogens with zero attached hydrogens (tertiary/aromatic N) is 1. The molecule has 1 unspecified atom stereocenters. The molecule has 0 saturated heterocycles. The van der Waals surface area contributed by atoms with Crippen LogP contribution in [0.25, 0.3) is 0 Å². The Morgan fingerprint density at radius 2 is 1.86 bits per heavy atom. The summed E-state index contributed by atoms with van der Waals surface area (Å²) in [6.07, 6.45) is 2.00. The summed E-state index contributed by atoms with van der Waals surface area (Å²) in [5, 5.41) is 20.9. The maximum atomic E-state index is 12.6. The zero-order chi connectivity index (χ0) is 15.0. The first-order chi connectivity index (χ1) is 9.30. The molecule has 1 aliphatic rings. The molecule has 0 aromatic heterocycles. The Hall–Kier alpha value is -0.288. The van der Waals surface area contributed by atoms with Crippen molar-refractivity contribution in [2.45, 2.75) is 29.2 Å². The van der Waals surface area contributed by atoms with Crippen molar-refractivity contribution in [3.05, 3.63) is 52.6 Å². The molecule has 0 aliphatic heterocycles. The fourth-order valence-electron chi connectivity index (χ4n) is 2.35. The molecule has 2 rings (SSSR count). The van der Waals surface area contributed by atoms with Gasteiger partial charge in [0, 0.05) is 55.9 Å². The monoisotopic (exact) mass is 524 g/mol. The molecule has 21 heavy (non-hydrogen) atoms. The van der Waals surface area contributed by atoms with Crippen molar-refractivity contribution in [3.8, 4) is 0 Å². The molecule has 0 saturated carbocycles. The third kappa shape index (κ3) is 3.24. The van der Waals surface area contributed by atoms with Gasteiger partial charge in [-0.25, -0.2) is 8.42 Å². The van der Waals surface area contributed by atoms with Crippen LogP contribution in [-0.4, -0.2) is 29.4 Å². The Balaban J connectivity index is 0.00000220. The number of nitro groups is 1. The van der Waals surface area contributed by atoms with E-state index in [9.17, 15) is 23.6 Å². The van der Waals surface area contributed by atoms with Crippen LogP contribution in [-0.2, 0) is 9.84 Å². The van der Waals surface area contributed by atoms with E-state index in [4.69, 9.17) is 0 Å². The van der Waals surface area contributed by atoms with E-state index in [0.29, 0.717) is 0 Å². The second kappa shape index (κ2) is 6.86. The number of rotatable bonds is 4. The number of aliphatic hydroxyl groups is 1.